The van der Waals surface area contributed by atoms with Crippen molar-refractivity contribution in [1.82, 2.24) is 9.78 Å². The maximum Gasteiger partial charge on any atom is 0.156 e. The summed E-state index contributed by atoms with van der Waals surface area (Å²) in [5.41, 5.74) is 0.654. The summed E-state index contributed by atoms with van der Waals surface area (Å²) in [5, 5.41) is 13.0. The fourth-order valence-electron chi connectivity index (χ4n) is 0.733. The van der Waals surface area contributed by atoms with E-state index in [4.69, 9.17) is 5.11 Å². The molecule has 0 saturated heterocycles. The van der Waals surface area contributed by atoms with Crippen LogP contribution in [-0.4, -0.2) is 14.9 Å². The van der Waals surface area contributed by atoms with Crippen LogP contribution in [0.3, 0.4) is 0 Å². The fraction of sp³-hybridized carbons (Fsp3) is 0.286. The SMILES string of the molecule is C=CCn1cc(O)c(C)n1. The number of aryl methyl sites for hydroxylation is 1. The van der Waals surface area contributed by atoms with E-state index >= 15 is 0 Å². The highest BCUT2D eigenvalue weighted by Gasteiger charge is 1.98. The van der Waals surface area contributed by atoms with E-state index in [2.05, 4.69) is 11.7 Å². The lowest BCUT2D eigenvalue weighted by Crippen LogP contribution is -1.94. The molecule has 10 heavy (non-hydrogen) atoms. The molecule has 0 aromatic carbocycles. The van der Waals surface area contributed by atoms with Crippen LogP contribution >= 0.6 is 0 Å². The molecule has 1 N–H and O–H groups in total. The Morgan fingerprint density at radius 3 is 3.00 bits per heavy atom. The molecule has 1 rings (SSSR count). The summed E-state index contributed by atoms with van der Waals surface area (Å²) in [7, 11) is 0. The van der Waals surface area contributed by atoms with Gasteiger partial charge in [0.15, 0.2) is 5.75 Å². The van der Waals surface area contributed by atoms with Gasteiger partial charge in [0.25, 0.3) is 0 Å². The third kappa shape index (κ3) is 1.18. The molecule has 0 aliphatic carbocycles. The van der Waals surface area contributed by atoms with Crippen molar-refractivity contribution in [3.8, 4) is 5.75 Å². The number of rotatable bonds is 2. The highest BCUT2D eigenvalue weighted by Crippen LogP contribution is 2.11. The molecule has 1 aromatic rings. The van der Waals surface area contributed by atoms with Crippen LogP contribution in [0.4, 0.5) is 0 Å². The highest BCUT2D eigenvalue weighted by atomic mass is 16.3. The number of aromatic hydroxyl groups is 1. The Kier molecular flexibility index (Phi) is 1.76. The Morgan fingerprint density at radius 1 is 1.90 bits per heavy atom. The molecule has 54 valence electrons. The van der Waals surface area contributed by atoms with Crippen molar-refractivity contribution in [2.24, 2.45) is 0 Å². The first-order valence-electron chi connectivity index (χ1n) is 3.08. The van der Waals surface area contributed by atoms with E-state index in [0.717, 1.165) is 0 Å². The third-order valence-corrected chi connectivity index (χ3v) is 1.24. The Balaban J connectivity index is 2.86. The summed E-state index contributed by atoms with van der Waals surface area (Å²) in [6, 6.07) is 0. The average Bonchev–Trinajstić information content (AvgIpc) is 2.14. The number of hydrogen-bond donors (Lipinski definition) is 1. The second-order valence-electron chi connectivity index (χ2n) is 2.11. The van der Waals surface area contributed by atoms with Gasteiger partial charge in [-0.15, -0.1) is 6.58 Å². The molecule has 0 bridgehead atoms. The molecule has 0 radical (unpaired) electrons. The third-order valence-electron chi connectivity index (χ3n) is 1.24. The number of nitrogens with zero attached hydrogens (tertiary/aromatic N) is 2. The predicted octanol–water partition coefficient (Wildman–Crippen LogP) is 1.08. The normalized spacial score (nSPS) is 9.70. The van der Waals surface area contributed by atoms with E-state index in [1.165, 1.54) is 0 Å². The molecule has 0 aliphatic heterocycles. The Hall–Kier alpha value is -1.25. The van der Waals surface area contributed by atoms with Gasteiger partial charge in [0.05, 0.1) is 12.7 Å². The van der Waals surface area contributed by atoms with E-state index in [1.54, 1.807) is 23.9 Å². The first kappa shape index (κ1) is 6.86. The lowest BCUT2D eigenvalue weighted by atomic mass is 10.5. The molecular weight excluding hydrogens is 128 g/mol. The van der Waals surface area contributed by atoms with Crippen LogP contribution < -0.4 is 0 Å². The molecule has 1 aromatic heterocycles. The topological polar surface area (TPSA) is 38.0 Å². The minimum absolute atomic E-state index is 0.238. The van der Waals surface area contributed by atoms with Crippen molar-refractivity contribution in [2.75, 3.05) is 0 Å². The van der Waals surface area contributed by atoms with Gasteiger partial charge in [0.2, 0.25) is 0 Å². The van der Waals surface area contributed by atoms with Crippen molar-refractivity contribution in [3.05, 3.63) is 24.5 Å². The largest absolute Gasteiger partial charge is 0.504 e. The lowest BCUT2D eigenvalue weighted by Gasteiger charge is -1.90. The molecule has 3 nitrogen and oxygen atoms in total. The second kappa shape index (κ2) is 2.56. The summed E-state index contributed by atoms with van der Waals surface area (Å²) in [4.78, 5) is 0. The molecule has 0 aliphatic rings. The van der Waals surface area contributed by atoms with Gasteiger partial charge in [-0.3, -0.25) is 4.68 Å². The van der Waals surface area contributed by atoms with Gasteiger partial charge in [-0.1, -0.05) is 6.08 Å². The summed E-state index contributed by atoms with van der Waals surface area (Å²) in [5.74, 6) is 0.238. The van der Waals surface area contributed by atoms with Crippen molar-refractivity contribution >= 4 is 0 Å². The lowest BCUT2D eigenvalue weighted by molar-refractivity contribution is 0.470. The minimum Gasteiger partial charge on any atom is -0.504 e. The van der Waals surface area contributed by atoms with E-state index < -0.39 is 0 Å². The quantitative estimate of drug-likeness (QED) is 0.621. The number of allylic oxidation sites excluding steroid dienone is 1. The first-order valence-corrected chi connectivity index (χ1v) is 3.08. The molecule has 0 saturated carbocycles. The van der Waals surface area contributed by atoms with Gasteiger partial charge in [-0.05, 0) is 6.92 Å². The van der Waals surface area contributed by atoms with Gasteiger partial charge in [-0.2, -0.15) is 5.10 Å². The fourth-order valence-corrected chi connectivity index (χ4v) is 0.733. The standard InChI is InChI=1S/C7H10N2O/c1-3-4-9-5-7(10)6(2)8-9/h3,5,10H,1,4H2,2H3. The van der Waals surface area contributed by atoms with Crippen molar-refractivity contribution < 1.29 is 5.11 Å². The zero-order valence-corrected chi connectivity index (χ0v) is 5.91. The summed E-state index contributed by atoms with van der Waals surface area (Å²) in [6.45, 7) is 5.95. The highest BCUT2D eigenvalue weighted by molar-refractivity contribution is 5.20. The van der Waals surface area contributed by atoms with E-state index in [0.29, 0.717) is 12.2 Å². The molecule has 1 heterocycles. The molecule has 0 unspecified atom stereocenters. The summed E-state index contributed by atoms with van der Waals surface area (Å²) >= 11 is 0. The van der Waals surface area contributed by atoms with Crippen LogP contribution in [0.15, 0.2) is 18.9 Å². The predicted molar refractivity (Wildman–Crippen MR) is 38.8 cm³/mol. The Labute approximate surface area is 59.6 Å². The van der Waals surface area contributed by atoms with Gasteiger partial charge >= 0.3 is 0 Å². The zero-order valence-electron chi connectivity index (χ0n) is 5.91. The first-order chi connectivity index (χ1) is 4.74. The zero-order chi connectivity index (χ0) is 7.56. The van der Waals surface area contributed by atoms with Crippen molar-refractivity contribution in [3.63, 3.8) is 0 Å². The molecule has 0 amide bonds. The Morgan fingerprint density at radius 2 is 2.60 bits per heavy atom. The van der Waals surface area contributed by atoms with E-state index in [1.807, 2.05) is 0 Å². The van der Waals surface area contributed by atoms with Crippen LogP contribution in [0, 0.1) is 6.92 Å². The number of hydrogen-bond acceptors (Lipinski definition) is 2. The Bertz CT molecular complexity index is 220. The molecule has 0 atom stereocenters. The van der Waals surface area contributed by atoms with Crippen molar-refractivity contribution in [2.45, 2.75) is 13.5 Å². The van der Waals surface area contributed by atoms with E-state index in [-0.39, 0.29) is 5.75 Å². The smallest absolute Gasteiger partial charge is 0.156 e. The number of aromatic nitrogens is 2. The molecule has 0 spiro atoms. The van der Waals surface area contributed by atoms with Crippen LogP contribution in [-0.2, 0) is 6.54 Å². The maximum absolute atomic E-state index is 9.05. The van der Waals surface area contributed by atoms with E-state index in [9.17, 15) is 0 Å². The van der Waals surface area contributed by atoms with Gasteiger partial charge in [0.1, 0.15) is 5.69 Å². The summed E-state index contributed by atoms with van der Waals surface area (Å²) < 4.78 is 1.64. The van der Waals surface area contributed by atoms with Crippen LogP contribution in [0.5, 0.6) is 5.75 Å². The van der Waals surface area contributed by atoms with Gasteiger partial charge in [0, 0.05) is 0 Å². The monoisotopic (exact) mass is 138 g/mol. The minimum atomic E-state index is 0.238. The van der Waals surface area contributed by atoms with Gasteiger partial charge in [-0.25, -0.2) is 0 Å². The average molecular weight is 138 g/mol. The van der Waals surface area contributed by atoms with Gasteiger partial charge < -0.3 is 5.11 Å². The van der Waals surface area contributed by atoms with Crippen LogP contribution in [0.25, 0.3) is 0 Å². The van der Waals surface area contributed by atoms with Crippen LogP contribution in [0.1, 0.15) is 5.69 Å². The van der Waals surface area contributed by atoms with Crippen LogP contribution in [0.2, 0.25) is 0 Å². The maximum atomic E-state index is 9.05. The molecule has 3 heteroatoms. The molecular formula is C7H10N2O. The van der Waals surface area contributed by atoms with Crippen molar-refractivity contribution in [1.29, 1.82) is 0 Å². The second-order valence-corrected chi connectivity index (χ2v) is 2.11. The summed E-state index contributed by atoms with van der Waals surface area (Å²) in [6.07, 6.45) is 3.31. The molecule has 0 fully saturated rings.